The minimum Gasteiger partial charge on any atom is -0.378 e. The zero-order valence-corrected chi connectivity index (χ0v) is 11.2. The predicted octanol–water partition coefficient (Wildman–Crippen LogP) is -0.650. The van der Waals surface area contributed by atoms with Crippen LogP contribution in [0.4, 0.5) is 0 Å². The Morgan fingerprint density at radius 2 is 2.00 bits per heavy atom. The third-order valence-electron chi connectivity index (χ3n) is 2.90. The van der Waals surface area contributed by atoms with Crippen LogP contribution in [-0.4, -0.2) is 62.1 Å². The summed E-state index contributed by atoms with van der Waals surface area (Å²) < 4.78 is 5.19. The van der Waals surface area contributed by atoms with Gasteiger partial charge < -0.3 is 20.3 Å². The second-order valence-electron chi connectivity index (χ2n) is 4.31. The Kier molecular flexibility index (Phi) is 6.67. The van der Waals surface area contributed by atoms with Gasteiger partial charge in [0.2, 0.25) is 11.8 Å². The van der Waals surface area contributed by atoms with E-state index in [2.05, 4.69) is 10.6 Å². The molecule has 0 bridgehead atoms. The zero-order valence-electron chi connectivity index (χ0n) is 11.2. The van der Waals surface area contributed by atoms with Gasteiger partial charge in [-0.3, -0.25) is 9.59 Å². The topological polar surface area (TPSA) is 70.7 Å². The molecule has 1 aliphatic heterocycles. The van der Waals surface area contributed by atoms with Gasteiger partial charge in [-0.1, -0.05) is 0 Å². The van der Waals surface area contributed by atoms with Crippen LogP contribution in [0.15, 0.2) is 0 Å². The predicted molar refractivity (Wildman–Crippen MR) is 68.2 cm³/mol. The van der Waals surface area contributed by atoms with E-state index >= 15 is 0 Å². The molecule has 0 saturated carbocycles. The molecule has 0 aromatic carbocycles. The number of nitrogens with zero attached hydrogens (tertiary/aromatic N) is 1. The van der Waals surface area contributed by atoms with Gasteiger partial charge in [0.1, 0.15) is 0 Å². The van der Waals surface area contributed by atoms with Gasteiger partial charge in [0.05, 0.1) is 19.3 Å². The quantitative estimate of drug-likeness (QED) is 0.663. The summed E-state index contributed by atoms with van der Waals surface area (Å²) in [5.41, 5.74) is 0. The number of rotatable bonds is 6. The minimum absolute atomic E-state index is 0.0312. The SMILES string of the molecule is CCNC(=O)C(C)NCCC(=O)N1CCOCC1. The number of carbonyl (C=O) groups excluding carboxylic acids is 2. The smallest absolute Gasteiger partial charge is 0.236 e. The lowest BCUT2D eigenvalue weighted by atomic mass is 10.2. The number of morpholine rings is 1. The monoisotopic (exact) mass is 257 g/mol. The first-order chi connectivity index (χ1) is 8.65. The summed E-state index contributed by atoms with van der Waals surface area (Å²) in [6.07, 6.45) is 0.420. The highest BCUT2D eigenvalue weighted by Crippen LogP contribution is 1.99. The maximum atomic E-state index is 11.8. The van der Waals surface area contributed by atoms with E-state index in [-0.39, 0.29) is 17.9 Å². The van der Waals surface area contributed by atoms with E-state index < -0.39 is 0 Å². The normalized spacial score (nSPS) is 17.3. The fraction of sp³-hybridized carbons (Fsp3) is 0.833. The largest absolute Gasteiger partial charge is 0.378 e. The lowest BCUT2D eigenvalue weighted by Gasteiger charge is -2.27. The van der Waals surface area contributed by atoms with Crippen molar-refractivity contribution < 1.29 is 14.3 Å². The molecule has 2 N–H and O–H groups in total. The number of likely N-dealkylation sites (N-methyl/N-ethyl adjacent to an activating group) is 1. The Morgan fingerprint density at radius 3 is 2.61 bits per heavy atom. The van der Waals surface area contributed by atoms with E-state index in [1.165, 1.54) is 0 Å². The van der Waals surface area contributed by atoms with Gasteiger partial charge in [-0.2, -0.15) is 0 Å². The molecule has 18 heavy (non-hydrogen) atoms. The molecule has 0 aromatic heterocycles. The fourth-order valence-electron chi connectivity index (χ4n) is 1.79. The molecule has 1 saturated heterocycles. The van der Waals surface area contributed by atoms with Gasteiger partial charge >= 0.3 is 0 Å². The molecule has 1 atom stereocenters. The number of nitrogens with one attached hydrogen (secondary N) is 2. The highest BCUT2D eigenvalue weighted by Gasteiger charge is 2.17. The van der Waals surface area contributed by atoms with Crippen LogP contribution in [0, 0.1) is 0 Å². The molecule has 0 aromatic rings. The van der Waals surface area contributed by atoms with Crippen molar-refractivity contribution in [3.8, 4) is 0 Å². The molecule has 0 radical (unpaired) electrons. The van der Waals surface area contributed by atoms with Crippen LogP contribution in [0.1, 0.15) is 20.3 Å². The minimum atomic E-state index is -0.262. The molecular weight excluding hydrogens is 234 g/mol. The van der Waals surface area contributed by atoms with Crippen molar-refractivity contribution in [1.82, 2.24) is 15.5 Å². The molecule has 1 heterocycles. The molecule has 1 unspecified atom stereocenters. The summed E-state index contributed by atoms with van der Waals surface area (Å²) in [6.45, 7) is 7.40. The van der Waals surface area contributed by atoms with Crippen molar-refractivity contribution in [2.75, 3.05) is 39.4 Å². The van der Waals surface area contributed by atoms with Crippen LogP contribution in [0.2, 0.25) is 0 Å². The number of hydrogen-bond acceptors (Lipinski definition) is 4. The maximum absolute atomic E-state index is 11.8. The standard InChI is InChI=1S/C12H23N3O3/c1-3-13-12(17)10(2)14-5-4-11(16)15-6-8-18-9-7-15/h10,14H,3-9H2,1-2H3,(H,13,17). The van der Waals surface area contributed by atoms with E-state index in [1.807, 2.05) is 11.8 Å². The molecule has 2 amide bonds. The van der Waals surface area contributed by atoms with Gasteiger partial charge in [-0.25, -0.2) is 0 Å². The first-order valence-electron chi connectivity index (χ1n) is 6.51. The van der Waals surface area contributed by atoms with E-state index in [4.69, 9.17) is 4.74 Å². The van der Waals surface area contributed by atoms with Crippen molar-refractivity contribution in [2.45, 2.75) is 26.3 Å². The highest BCUT2D eigenvalue weighted by atomic mass is 16.5. The van der Waals surface area contributed by atoms with E-state index in [0.717, 1.165) is 0 Å². The second kappa shape index (κ2) is 8.05. The third kappa shape index (κ3) is 5.01. The van der Waals surface area contributed by atoms with E-state index in [1.54, 1.807) is 6.92 Å². The second-order valence-corrected chi connectivity index (χ2v) is 4.31. The van der Waals surface area contributed by atoms with Crippen LogP contribution < -0.4 is 10.6 Å². The maximum Gasteiger partial charge on any atom is 0.236 e. The summed E-state index contributed by atoms with van der Waals surface area (Å²) in [4.78, 5) is 25.0. The first-order valence-corrected chi connectivity index (χ1v) is 6.51. The van der Waals surface area contributed by atoms with Crippen LogP contribution in [0.5, 0.6) is 0 Å². The number of amides is 2. The molecule has 6 nitrogen and oxygen atoms in total. The zero-order chi connectivity index (χ0) is 13.4. The molecule has 1 aliphatic rings. The first kappa shape index (κ1) is 14.9. The van der Waals surface area contributed by atoms with Gasteiger partial charge in [0.15, 0.2) is 0 Å². The van der Waals surface area contributed by atoms with E-state index in [9.17, 15) is 9.59 Å². The fourth-order valence-corrected chi connectivity index (χ4v) is 1.79. The van der Waals surface area contributed by atoms with E-state index in [0.29, 0.717) is 45.8 Å². The number of carbonyl (C=O) groups is 2. The summed E-state index contributed by atoms with van der Waals surface area (Å²) in [5.74, 6) is 0.0882. The number of ether oxygens (including phenoxy) is 1. The average Bonchev–Trinajstić information content (AvgIpc) is 2.39. The summed E-state index contributed by atoms with van der Waals surface area (Å²) >= 11 is 0. The third-order valence-corrected chi connectivity index (χ3v) is 2.90. The molecule has 0 spiro atoms. The van der Waals surface area contributed by atoms with Crippen molar-refractivity contribution in [1.29, 1.82) is 0 Å². The van der Waals surface area contributed by atoms with Crippen LogP contribution in [0.3, 0.4) is 0 Å². The lowest BCUT2D eigenvalue weighted by molar-refractivity contribution is -0.135. The van der Waals surface area contributed by atoms with Gasteiger partial charge in [0, 0.05) is 32.6 Å². The molecule has 1 rings (SSSR count). The molecule has 6 heteroatoms. The Hall–Kier alpha value is -1.14. The Labute approximate surface area is 108 Å². The number of hydrogen-bond donors (Lipinski definition) is 2. The molecular formula is C12H23N3O3. The molecule has 1 fully saturated rings. The Morgan fingerprint density at radius 1 is 1.33 bits per heavy atom. The molecule has 104 valence electrons. The van der Waals surface area contributed by atoms with Crippen LogP contribution >= 0.6 is 0 Å². The van der Waals surface area contributed by atoms with Gasteiger partial charge in [-0.15, -0.1) is 0 Å². The van der Waals surface area contributed by atoms with Gasteiger partial charge in [-0.05, 0) is 13.8 Å². The van der Waals surface area contributed by atoms with Crippen molar-refractivity contribution >= 4 is 11.8 Å². The van der Waals surface area contributed by atoms with Gasteiger partial charge in [0.25, 0.3) is 0 Å². The lowest BCUT2D eigenvalue weighted by Crippen LogP contribution is -2.45. The van der Waals surface area contributed by atoms with Crippen molar-refractivity contribution in [3.05, 3.63) is 0 Å². The summed E-state index contributed by atoms with van der Waals surface area (Å²) in [7, 11) is 0. The van der Waals surface area contributed by atoms with Crippen molar-refractivity contribution in [3.63, 3.8) is 0 Å². The molecule has 0 aliphatic carbocycles. The Bertz CT molecular complexity index is 278. The average molecular weight is 257 g/mol. The highest BCUT2D eigenvalue weighted by molar-refractivity contribution is 5.81. The van der Waals surface area contributed by atoms with Crippen LogP contribution in [-0.2, 0) is 14.3 Å². The summed E-state index contributed by atoms with van der Waals surface area (Å²) in [6, 6.07) is -0.262. The Balaban J connectivity index is 2.16. The van der Waals surface area contributed by atoms with Crippen LogP contribution in [0.25, 0.3) is 0 Å². The van der Waals surface area contributed by atoms with Crippen molar-refractivity contribution in [2.24, 2.45) is 0 Å². The summed E-state index contributed by atoms with van der Waals surface area (Å²) in [5, 5.41) is 5.78.